The molecule has 2 saturated heterocycles. The number of hydrogen-bond donors (Lipinski definition) is 0. The minimum Gasteiger partial charge on any atom is -0.490 e. The fourth-order valence-electron chi connectivity index (χ4n) is 4.91. The molecule has 0 N–H and O–H groups in total. The highest BCUT2D eigenvalue weighted by molar-refractivity contribution is 8.26. The predicted molar refractivity (Wildman–Crippen MR) is 145 cm³/mol. The maximum atomic E-state index is 13.3. The van der Waals surface area contributed by atoms with Crippen LogP contribution in [0.4, 0.5) is 0 Å². The number of sulfone groups is 1. The molecule has 2 fully saturated rings. The molecule has 3 aliphatic rings. The Hall–Kier alpha value is -2.95. The Morgan fingerprint density at radius 2 is 2.00 bits per heavy atom. The molecule has 10 heteroatoms. The van der Waals surface area contributed by atoms with E-state index in [0.717, 1.165) is 40.2 Å². The number of amides is 1. The van der Waals surface area contributed by atoms with Gasteiger partial charge in [-0.3, -0.25) is 9.69 Å². The van der Waals surface area contributed by atoms with Crippen molar-refractivity contribution in [3.05, 3.63) is 70.8 Å². The van der Waals surface area contributed by atoms with Gasteiger partial charge >= 0.3 is 0 Å². The van der Waals surface area contributed by atoms with E-state index in [1.807, 2.05) is 61.7 Å². The van der Waals surface area contributed by atoms with E-state index >= 15 is 0 Å². The monoisotopic (exact) mass is 537 g/mol. The number of thioether (sulfide) groups is 1. The van der Waals surface area contributed by atoms with E-state index in [2.05, 4.69) is 6.07 Å². The van der Waals surface area contributed by atoms with Crippen LogP contribution in [0, 0.1) is 0 Å². The lowest BCUT2D eigenvalue weighted by atomic mass is 10.0. The summed E-state index contributed by atoms with van der Waals surface area (Å²) < 4.78 is 32.1. The highest BCUT2D eigenvalue weighted by Gasteiger charge is 2.42. The van der Waals surface area contributed by atoms with Crippen LogP contribution in [0.25, 0.3) is 23.0 Å². The standard InChI is InChI=1S/C26H23N3O4S3/c1-16-11-18-12-17(7-8-22(18)33-16)24-19(14-28(27-24)20-5-3-2-4-6-20)13-23-25(30)29(26(34)35-23)21-9-10-36(31,32)15-21/h2-8,12-14,16,21H,9-11,15H2,1H3/b23-13-/t16-,21+/m1/s1. The van der Waals surface area contributed by atoms with Crippen molar-refractivity contribution >= 4 is 50.1 Å². The molecule has 2 atom stereocenters. The zero-order chi connectivity index (χ0) is 25.0. The van der Waals surface area contributed by atoms with Gasteiger partial charge in [0.15, 0.2) is 9.84 Å². The van der Waals surface area contributed by atoms with Gasteiger partial charge in [-0.05, 0) is 55.3 Å². The lowest BCUT2D eigenvalue weighted by molar-refractivity contribution is -0.123. The number of fused-ring (bicyclic) bond motifs is 1. The van der Waals surface area contributed by atoms with Crippen molar-refractivity contribution in [3.8, 4) is 22.7 Å². The molecule has 4 heterocycles. The van der Waals surface area contributed by atoms with E-state index in [1.165, 1.54) is 16.7 Å². The maximum absolute atomic E-state index is 13.3. The van der Waals surface area contributed by atoms with Gasteiger partial charge in [0.05, 0.1) is 28.1 Å². The number of para-hydroxylation sites is 1. The summed E-state index contributed by atoms with van der Waals surface area (Å²) in [6.07, 6.45) is 5.11. The summed E-state index contributed by atoms with van der Waals surface area (Å²) in [6, 6.07) is 15.4. The molecular formula is C26H23N3O4S3. The first-order valence-corrected chi connectivity index (χ1v) is 14.7. The Morgan fingerprint density at radius 3 is 2.75 bits per heavy atom. The molecule has 0 bridgehead atoms. The van der Waals surface area contributed by atoms with Crippen molar-refractivity contribution in [1.29, 1.82) is 0 Å². The molecule has 0 saturated carbocycles. The maximum Gasteiger partial charge on any atom is 0.266 e. The molecule has 7 nitrogen and oxygen atoms in total. The van der Waals surface area contributed by atoms with Crippen LogP contribution in [0.2, 0.25) is 0 Å². The zero-order valence-corrected chi connectivity index (χ0v) is 21.9. The second kappa shape index (κ2) is 8.86. The first-order chi connectivity index (χ1) is 17.3. The number of aromatic nitrogens is 2. The van der Waals surface area contributed by atoms with Crippen molar-refractivity contribution in [2.45, 2.75) is 31.9 Å². The van der Waals surface area contributed by atoms with E-state index in [9.17, 15) is 13.2 Å². The Bertz CT molecular complexity index is 1530. The first kappa shape index (κ1) is 23.4. The van der Waals surface area contributed by atoms with Crippen LogP contribution >= 0.6 is 24.0 Å². The first-order valence-electron chi connectivity index (χ1n) is 11.7. The third-order valence-electron chi connectivity index (χ3n) is 6.62. The van der Waals surface area contributed by atoms with E-state index in [4.69, 9.17) is 22.1 Å². The van der Waals surface area contributed by atoms with Crippen molar-refractivity contribution in [2.75, 3.05) is 11.5 Å². The van der Waals surface area contributed by atoms with Crippen LogP contribution in [0.3, 0.4) is 0 Å². The summed E-state index contributed by atoms with van der Waals surface area (Å²) in [5.74, 6) is 0.687. The van der Waals surface area contributed by atoms with Gasteiger partial charge in [0.1, 0.15) is 21.9 Å². The fraction of sp³-hybridized carbons (Fsp3) is 0.269. The number of carbonyl (C=O) groups is 1. The van der Waals surface area contributed by atoms with Gasteiger partial charge in [0.25, 0.3) is 5.91 Å². The average Bonchev–Trinajstić information content (AvgIpc) is 3.59. The molecule has 0 unspecified atom stereocenters. The third-order valence-corrected chi connectivity index (χ3v) is 9.70. The number of rotatable bonds is 4. The van der Waals surface area contributed by atoms with Gasteiger partial charge in [0, 0.05) is 23.7 Å². The van der Waals surface area contributed by atoms with E-state index in [-0.39, 0.29) is 23.5 Å². The molecule has 0 radical (unpaired) electrons. The van der Waals surface area contributed by atoms with Gasteiger partial charge in [-0.1, -0.05) is 42.2 Å². The molecule has 1 amide bonds. The molecule has 184 valence electrons. The Labute approximate surface area is 219 Å². The van der Waals surface area contributed by atoms with Crippen LogP contribution in [0.5, 0.6) is 5.75 Å². The van der Waals surface area contributed by atoms with E-state index in [1.54, 1.807) is 4.68 Å². The molecule has 36 heavy (non-hydrogen) atoms. The molecule has 3 aliphatic heterocycles. The normalized spacial score (nSPS) is 23.9. The highest BCUT2D eigenvalue weighted by Crippen LogP contribution is 2.39. The summed E-state index contributed by atoms with van der Waals surface area (Å²) in [5.41, 5.74) is 4.50. The van der Waals surface area contributed by atoms with Gasteiger partial charge in [-0.25, -0.2) is 13.1 Å². The summed E-state index contributed by atoms with van der Waals surface area (Å²) in [6.45, 7) is 2.05. The van der Waals surface area contributed by atoms with E-state index in [0.29, 0.717) is 15.6 Å². The summed E-state index contributed by atoms with van der Waals surface area (Å²) in [5, 5.41) is 4.88. The largest absolute Gasteiger partial charge is 0.490 e. The van der Waals surface area contributed by atoms with Gasteiger partial charge in [-0.15, -0.1) is 0 Å². The second-order valence-corrected chi connectivity index (χ2v) is 13.2. The quantitative estimate of drug-likeness (QED) is 0.364. The summed E-state index contributed by atoms with van der Waals surface area (Å²) in [4.78, 5) is 15.3. The fourth-order valence-corrected chi connectivity index (χ4v) is 8.01. The Morgan fingerprint density at radius 1 is 1.19 bits per heavy atom. The van der Waals surface area contributed by atoms with Gasteiger partial charge in [-0.2, -0.15) is 5.10 Å². The van der Waals surface area contributed by atoms with Gasteiger partial charge in [0.2, 0.25) is 0 Å². The highest BCUT2D eigenvalue weighted by atomic mass is 32.2. The molecule has 2 aromatic carbocycles. The molecule has 3 aromatic rings. The lowest BCUT2D eigenvalue weighted by Gasteiger charge is -2.20. The van der Waals surface area contributed by atoms with Crippen molar-refractivity contribution < 1.29 is 17.9 Å². The molecular weight excluding hydrogens is 515 g/mol. The lowest BCUT2D eigenvalue weighted by Crippen LogP contribution is -2.39. The number of nitrogens with zero attached hydrogens (tertiary/aromatic N) is 3. The third kappa shape index (κ3) is 4.27. The minimum absolute atomic E-state index is 0.0421. The van der Waals surface area contributed by atoms with Crippen LogP contribution in [0.1, 0.15) is 24.5 Å². The molecule has 6 rings (SSSR count). The van der Waals surface area contributed by atoms with E-state index < -0.39 is 15.9 Å². The van der Waals surface area contributed by atoms with Crippen molar-refractivity contribution in [3.63, 3.8) is 0 Å². The van der Waals surface area contributed by atoms with Crippen LogP contribution in [-0.2, 0) is 21.1 Å². The number of ether oxygens (including phenoxy) is 1. The number of carbonyl (C=O) groups excluding carboxylic acids is 1. The SMILES string of the molecule is C[C@@H]1Cc2cc(-c3nn(-c4ccccc4)cc3/C=C3\SC(=S)N([C@H]4CCS(=O)(=O)C4)C3=O)ccc2O1. The zero-order valence-electron chi connectivity index (χ0n) is 19.5. The predicted octanol–water partition coefficient (Wildman–Crippen LogP) is 4.25. The van der Waals surface area contributed by atoms with Crippen LogP contribution in [-0.4, -0.2) is 57.0 Å². The van der Waals surface area contributed by atoms with Crippen molar-refractivity contribution in [1.82, 2.24) is 14.7 Å². The van der Waals surface area contributed by atoms with Gasteiger partial charge < -0.3 is 4.74 Å². The molecule has 0 aliphatic carbocycles. The number of hydrogen-bond acceptors (Lipinski definition) is 7. The molecule has 1 aromatic heterocycles. The summed E-state index contributed by atoms with van der Waals surface area (Å²) >= 11 is 6.70. The smallest absolute Gasteiger partial charge is 0.266 e. The number of thiocarbonyl (C=S) groups is 1. The Kier molecular flexibility index (Phi) is 5.77. The summed E-state index contributed by atoms with van der Waals surface area (Å²) in [7, 11) is -3.14. The topological polar surface area (TPSA) is 81.5 Å². The second-order valence-electron chi connectivity index (χ2n) is 9.28. The molecule has 0 spiro atoms. The van der Waals surface area contributed by atoms with Crippen LogP contribution < -0.4 is 4.74 Å². The number of benzene rings is 2. The minimum atomic E-state index is -3.14. The van der Waals surface area contributed by atoms with Crippen LogP contribution in [0.15, 0.2) is 59.6 Å². The van der Waals surface area contributed by atoms with Crippen molar-refractivity contribution in [2.24, 2.45) is 0 Å². The Balaban J connectivity index is 1.40. The average molecular weight is 538 g/mol.